The van der Waals surface area contributed by atoms with Crippen molar-refractivity contribution in [1.82, 2.24) is 26.2 Å². The number of hydrogen-bond donors (Lipinski definition) is 6. The summed E-state index contributed by atoms with van der Waals surface area (Å²) in [6, 6.07) is 15.7. The molecule has 1 saturated heterocycles. The van der Waals surface area contributed by atoms with Crippen LogP contribution in [0.4, 0.5) is 10.5 Å². The number of nitrogens with two attached hydrogens (primary N) is 2. The molecule has 2 aromatic rings. The van der Waals surface area contributed by atoms with Crippen molar-refractivity contribution in [2.24, 2.45) is 11.5 Å². The highest BCUT2D eigenvalue weighted by atomic mass is 16.2. The zero-order valence-corrected chi connectivity index (χ0v) is 23.6. The highest BCUT2D eigenvalue weighted by Crippen LogP contribution is 2.28. The predicted molar refractivity (Wildman–Crippen MR) is 163 cm³/mol. The van der Waals surface area contributed by atoms with Crippen LogP contribution in [-0.2, 0) is 6.54 Å². The van der Waals surface area contributed by atoms with Gasteiger partial charge in [-0.3, -0.25) is 14.6 Å². The molecule has 0 aliphatic carbocycles. The Labute approximate surface area is 242 Å². The number of fused-ring (bicyclic) bond motifs is 1. The minimum atomic E-state index is -0.297. The lowest BCUT2D eigenvalue weighted by atomic mass is 10.0. The molecule has 41 heavy (non-hydrogen) atoms. The molecule has 3 aliphatic heterocycles. The molecule has 218 valence electrons. The fourth-order valence-electron chi connectivity index (χ4n) is 5.48. The van der Waals surface area contributed by atoms with E-state index in [1.165, 1.54) is 5.56 Å². The second-order valence-electron chi connectivity index (χ2n) is 10.9. The number of carbonyl (C=O) groups is 2. The van der Waals surface area contributed by atoms with E-state index >= 15 is 0 Å². The molecule has 3 amide bonds. The Bertz CT molecular complexity index is 1240. The van der Waals surface area contributed by atoms with Crippen molar-refractivity contribution in [3.05, 3.63) is 83.1 Å². The van der Waals surface area contributed by atoms with Crippen LogP contribution in [0, 0.1) is 0 Å². The molecular formula is C31H42N8O2. The van der Waals surface area contributed by atoms with Crippen LogP contribution in [0.15, 0.2) is 66.4 Å². The van der Waals surface area contributed by atoms with Gasteiger partial charge in [0.1, 0.15) is 6.17 Å². The molecular weight excluding hydrogens is 516 g/mol. The van der Waals surface area contributed by atoms with E-state index in [0.717, 1.165) is 80.9 Å². The molecule has 3 heterocycles. The molecule has 10 nitrogen and oxygen atoms in total. The largest absolute Gasteiger partial charge is 0.361 e. The van der Waals surface area contributed by atoms with Crippen LogP contribution in [0.2, 0.25) is 0 Å². The molecule has 0 radical (unpaired) electrons. The molecule has 0 aromatic heterocycles. The third-order valence-electron chi connectivity index (χ3n) is 7.82. The number of carbonyl (C=O) groups excluding carboxylic acids is 2. The van der Waals surface area contributed by atoms with E-state index in [-0.39, 0.29) is 24.1 Å². The number of urea groups is 1. The predicted octanol–water partition coefficient (Wildman–Crippen LogP) is 2.05. The Balaban J connectivity index is 1.23. The highest BCUT2D eigenvalue weighted by Gasteiger charge is 2.31. The average Bonchev–Trinajstić information content (AvgIpc) is 3.42. The fraction of sp³-hybridized carbons (Fsp3) is 0.419. The van der Waals surface area contributed by atoms with Crippen LogP contribution in [0.5, 0.6) is 0 Å². The van der Waals surface area contributed by atoms with Crippen LogP contribution in [0.1, 0.15) is 47.2 Å². The number of piperidine rings is 1. The summed E-state index contributed by atoms with van der Waals surface area (Å²) in [5, 5.41) is 12.9. The highest BCUT2D eigenvalue weighted by molar-refractivity contribution is 5.97. The summed E-state index contributed by atoms with van der Waals surface area (Å²) in [6.07, 6.45) is 7.44. The first-order chi connectivity index (χ1) is 20.0. The van der Waals surface area contributed by atoms with E-state index in [1.807, 2.05) is 48.7 Å². The van der Waals surface area contributed by atoms with Crippen molar-refractivity contribution < 1.29 is 9.59 Å². The lowest BCUT2D eigenvalue weighted by Crippen LogP contribution is -2.51. The molecule has 1 atom stereocenters. The summed E-state index contributed by atoms with van der Waals surface area (Å²) in [5.41, 5.74) is 16.9. The van der Waals surface area contributed by atoms with E-state index in [4.69, 9.17) is 11.5 Å². The molecule has 0 saturated carbocycles. The van der Waals surface area contributed by atoms with Gasteiger partial charge in [0.25, 0.3) is 5.91 Å². The van der Waals surface area contributed by atoms with Gasteiger partial charge >= 0.3 is 6.03 Å². The van der Waals surface area contributed by atoms with Gasteiger partial charge in [0, 0.05) is 35.6 Å². The second kappa shape index (κ2) is 13.8. The summed E-state index contributed by atoms with van der Waals surface area (Å²) < 4.78 is 0. The minimum Gasteiger partial charge on any atom is -0.361 e. The maximum atomic E-state index is 13.0. The Kier molecular flexibility index (Phi) is 9.68. The van der Waals surface area contributed by atoms with Gasteiger partial charge in [-0.25, -0.2) is 4.79 Å². The summed E-state index contributed by atoms with van der Waals surface area (Å²) in [6.45, 7) is 5.92. The Hall–Kier alpha value is -3.70. The zero-order valence-electron chi connectivity index (χ0n) is 23.6. The van der Waals surface area contributed by atoms with Gasteiger partial charge in [-0.15, -0.1) is 0 Å². The zero-order chi connectivity index (χ0) is 28.6. The average molecular weight is 559 g/mol. The first-order valence-corrected chi connectivity index (χ1v) is 14.7. The van der Waals surface area contributed by atoms with Gasteiger partial charge in [-0.1, -0.05) is 24.3 Å². The van der Waals surface area contributed by atoms with E-state index < -0.39 is 0 Å². The molecule has 10 heteroatoms. The van der Waals surface area contributed by atoms with Gasteiger partial charge in [0.2, 0.25) is 0 Å². The van der Waals surface area contributed by atoms with Crippen LogP contribution in [0.3, 0.4) is 0 Å². The monoisotopic (exact) mass is 558 g/mol. The first-order valence-electron chi connectivity index (χ1n) is 14.7. The number of amides is 3. The number of anilines is 1. The van der Waals surface area contributed by atoms with Crippen LogP contribution < -0.4 is 37.6 Å². The van der Waals surface area contributed by atoms with Gasteiger partial charge in [-0.2, -0.15) is 0 Å². The van der Waals surface area contributed by atoms with Crippen molar-refractivity contribution in [3.63, 3.8) is 0 Å². The molecule has 8 N–H and O–H groups in total. The maximum Gasteiger partial charge on any atom is 0.327 e. The van der Waals surface area contributed by atoms with Gasteiger partial charge in [0.15, 0.2) is 0 Å². The van der Waals surface area contributed by atoms with Crippen LogP contribution >= 0.6 is 0 Å². The quantitative estimate of drug-likeness (QED) is 0.234. The summed E-state index contributed by atoms with van der Waals surface area (Å²) >= 11 is 0. The van der Waals surface area contributed by atoms with E-state index in [0.29, 0.717) is 18.7 Å². The Morgan fingerprint density at radius 2 is 1.63 bits per heavy atom. The van der Waals surface area contributed by atoms with Crippen molar-refractivity contribution in [2.45, 2.75) is 44.4 Å². The Morgan fingerprint density at radius 1 is 0.951 bits per heavy atom. The van der Waals surface area contributed by atoms with E-state index in [1.54, 1.807) is 4.90 Å². The normalized spacial score (nSPS) is 18.9. The molecule has 1 unspecified atom stereocenters. The Morgan fingerprint density at radius 3 is 2.29 bits per heavy atom. The van der Waals surface area contributed by atoms with Crippen LogP contribution in [0.25, 0.3) is 5.70 Å². The van der Waals surface area contributed by atoms with E-state index in [9.17, 15) is 9.59 Å². The minimum absolute atomic E-state index is 0.0408. The molecule has 1 fully saturated rings. The number of nitrogens with one attached hydrogen (secondary N) is 4. The number of rotatable bonds is 12. The van der Waals surface area contributed by atoms with Crippen molar-refractivity contribution in [2.75, 3.05) is 44.2 Å². The van der Waals surface area contributed by atoms with Crippen molar-refractivity contribution in [3.8, 4) is 0 Å². The van der Waals surface area contributed by atoms with Crippen molar-refractivity contribution in [1.29, 1.82) is 0 Å². The van der Waals surface area contributed by atoms with Gasteiger partial charge in [0.05, 0.1) is 5.69 Å². The molecule has 3 aliphatic rings. The maximum absolute atomic E-state index is 13.0. The standard InChI is InChI=1S/C31H42N8O2/c32-13-1-17-38(18-2-14-33)20-22-3-9-27(10-4-22)39-21-25-19-28(36-29(25)37-31(39)41)23-5-7-24(8-6-23)30(40)35-26-11-15-34-16-12-26/h3-10,19,21,26,29,34,36H,1-2,11-18,20,32-33H2,(H,35,40)(H,37,41). The smallest absolute Gasteiger partial charge is 0.327 e. The first kappa shape index (κ1) is 28.8. The lowest BCUT2D eigenvalue weighted by Gasteiger charge is -2.29. The third kappa shape index (κ3) is 7.34. The third-order valence-corrected chi connectivity index (χ3v) is 7.82. The molecule has 0 spiro atoms. The lowest BCUT2D eigenvalue weighted by molar-refractivity contribution is 0.0929. The fourth-order valence-corrected chi connectivity index (χ4v) is 5.48. The molecule has 2 aromatic carbocycles. The second-order valence-corrected chi connectivity index (χ2v) is 10.9. The summed E-state index contributed by atoms with van der Waals surface area (Å²) in [4.78, 5) is 29.7. The number of hydrogen-bond acceptors (Lipinski definition) is 7. The van der Waals surface area contributed by atoms with Gasteiger partial charge < -0.3 is 32.7 Å². The summed E-state index contributed by atoms with van der Waals surface area (Å²) in [5.74, 6) is -0.0408. The molecule has 0 bridgehead atoms. The SMILES string of the molecule is NCCCN(CCCN)Cc1ccc(N2C=C3C=C(c4ccc(C(=O)NC5CCNCC5)cc4)NC3NC2=O)cc1. The van der Waals surface area contributed by atoms with E-state index in [2.05, 4.69) is 38.3 Å². The van der Waals surface area contributed by atoms with Gasteiger partial charge in [-0.05, 0) is 106 Å². The topological polar surface area (TPSA) is 141 Å². The van der Waals surface area contributed by atoms with Crippen LogP contribution in [-0.4, -0.2) is 68.3 Å². The number of nitrogens with zero attached hydrogens (tertiary/aromatic N) is 2. The molecule has 5 rings (SSSR count). The van der Waals surface area contributed by atoms with Crippen molar-refractivity contribution >= 4 is 23.3 Å². The summed E-state index contributed by atoms with van der Waals surface area (Å²) in [7, 11) is 0. The number of benzene rings is 2.